The van der Waals surface area contributed by atoms with E-state index in [2.05, 4.69) is 52.8 Å². The molecule has 1 fully saturated rings. The van der Waals surface area contributed by atoms with Gasteiger partial charge in [0.1, 0.15) is 0 Å². The van der Waals surface area contributed by atoms with Gasteiger partial charge in [-0.25, -0.2) is 0 Å². The second-order valence-electron chi connectivity index (χ2n) is 6.01. The molecule has 1 aromatic carbocycles. The summed E-state index contributed by atoms with van der Waals surface area (Å²) >= 11 is 0. The van der Waals surface area contributed by atoms with E-state index in [1.807, 2.05) is 7.05 Å². The second kappa shape index (κ2) is 8.15. The summed E-state index contributed by atoms with van der Waals surface area (Å²) in [5.41, 5.74) is 1.36. The Labute approximate surface area is 127 Å². The van der Waals surface area contributed by atoms with Gasteiger partial charge >= 0.3 is 0 Å². The lowest BCUT2D eigenvalue weighted by Gasteiger charge is -2.37. The van der Waals surface area contributed by atoms with Crippen molar-refractivity contribution in [2.45, 2.75) is 32.4 Å². The van der Waals surface area contributed by atoms with Gasteiger partial charge in [-0.2, -0.15) is 0 Å². The van der Waals surface area contributed by atoms with Gasteiger partial charge in [-0.05, 0) is 24.9 Å². The number of likely N-dealkylation sites (tertiary alicyclic amines) is 1. The highest BCUT2D eigenvalue weighted by Crippen LogP contribution is 2.19. The summed E-state index contributed by atoms with van der Waals surface area (Å²) in [7, 11) is 1.87. The van der Waals surface area contributed by atoms with Crippen molar-refractivity contribution in [2.24, 2.45) is 5.92 Å². The number of nitrogens with zero attached hydrogens (tertiary/aromatic N) is 1. The molecule has 2 rings (SSSR count). The molecule has 1 amide bonds. The van der Waals surface area contributed by atoms with Crippen molar-refractivity contribution in [2.75, 3.05) is 26.7 Å². The van der Waals surface area contributed by atoms with E-state index >= 15 is 0 Å². The predicted molar refractivity (Wildman–Crippen MR) is 86.0 cm³/mol. The lowest BCUT2D eigenvalue weighted by atomic mass is 9.93. The first-order valence-corrected chi connectivity index (χ1v) is 7.89. The molecule has 0 aromatic heterocycles. The molecule has 0 spiro atoms. The van der Waals surface area contributed by atoms with Crippen LogP contribution in [0.15, 0.2) is 30.3 Å². The molecule has 1 aliphatic heterocycles. The number of rotatable bonds is 6. The van der Waals surface area contributed by atoms with Crippen LogP contribution in [-0.4, -0.2) is 43.5 Å². The quantitative estimate of drug-likeness (QED) is 0.836. The van der Waals surface area contributed by atoms with E-state index in [4.69, 9.17) is 0 Å². The van der Waals surface area contributed by atoms with Crippen LogP contribution in [-0.2, 0) is 11.3 Å². The minimum atomic E-state index is 0.165. The third-order valence-electron chi connectivity index (χ3n) is 4.19. The molecule has 2 unspecified atom stereocenters. The van der Waals surface area contributed by atoms with Crippen LogP contribution in [0.4, 0.5) is 0 Å². The molecule has 1 saturated heterocycles. The molecule has 1 aromatic rings. The van der Waals surface area contributed by atoms with Crippen LogP contribution in [0.25, 0.3) is 0 Å². The fourth-order valence-electron chi connectivity index (χ4n) is 2.95. The van der Waals surface area contributed by atoms with Crippen molar-refractivity contribution in [1.29, 1.82) is 0 Å². The molecular weight excluding hydrogens is 262 g/mol. The number of hydrogen-bond acceptors (Lipinski definition) is 3. The largest absolute Gasteiger partial charge is 0.353 e. The van der Waals surface area contributed by atoms with Gasteiger partial charge in [0.25, 0.3) is 0 Å². The predicted octanol–water partition coefficient (Wildman–Crippen LogP) is 1.62. The highest BCUT2D eigenvalue weighted by molar-refractivity contribution is 5.76. The molecule has 0 bridgehead atoms. The molecular formula is C17H27N3O. The molecule has 0 radical (unpaired) electrons. The van der Waals surface area contributed by atoms with Gasteiger partial charge in [-0.3, -0.25) is 9.69 Å². The van der Waals surface area contributed by atoms with Crippen molar-refractivity contribution in [3.05, 3.63) is 35.9 Å². The Hall–Kier alpha value is -1.39. The van der Waals surface area contributed by atoms with Crippen LogP contribution in [0.5, 0.6) is 0 Å². The minimum absolute atomic E-state index is 0.165. The van der Waals surface area contributed by atoms with Gasteiger partial charge in [0.05, 0.1) is 0 Å². The maximum atomic E-state index is 11.8. The highest BCUT2D eigenvalue weighted by Gasteiger charge is 2.26. The smallest absolute Gasteiger partial charge is 0.221 e. The van der Waals surface area contributed by atoms with E-state index in [0.29, 0.717) is 18.4 Å². The Morgan fingerprint density at radius 1 is 1.33 bits per heavy atom. The van der Waals surface area contributed by atoms with Gasteiger partial charge in [0.2, 0.25) is 5.91 Å². The van der Waals surface area contributed by atoms with Crippen LogP contribution in [0.1, 0.15) is 25.3 Å². The topological polar surface area (TPSA) is 44.4 Å². The Balaban J connectivity index is 1.78. The van der Waals surface area contributed by atoms with E-state index in [1.165, 1.54) is 5.56 Å². The molecule has 0 saturated carbocycles. The first kappa shape index (κ1) is 16.0. The van der Waals surface area contributed by atoms with E-state index in [9.17, 15) is 4.79 Å². The van der Waals surface area contributed by atoms with Crippen LogP contribution in [0.2, 0.25) is 0 Å². The lowest BCUT2D eigenvalue weighted by Crippen LogP contribution is -2.49. The number of carbonyl (C=O) groups excluding carboxylic acids is 1. The zero-order valence-corrected chi connectivity index (χ0v) is 13.1. The summed E-state index contributed by atoms with van der Waals surface area (Å²) in [6.07, 6.45) is 1.60. The molecule has 2 atom stereocenters. The average molecular weight is 289 g/mol. The average Bonchev–Trinajstić information content (AvgIpc) is 2.49. The molecule has 1 heterocycles. The molecule has 116 valence electrons. The Bertz CT molecular complexity index is 435. The van der Waals surface area contributed by atoms with Crippen molar-refractivity contribution in [3.8, 4) is 0 Å². The summed E-state index contributed by atoms with van der Waals surface area (Å²) in [5, 5.41) is 6.19. The van der Waals surface area contributed by atoms with Crippen molar-refractivity contribution >= 4 is 5.91 Å². The zero-order chi connectivity index (χ0) is 15.1. The van der Waals surface area contributed by atoms with E-state index in [-0.39, 0.29) is 5.91 Å². The summed E-state index contributed by atoms with van der Waals surface area (Å²) in [6, 6.07) is 10.9. The maximum absolute atomic E-state index is 11.8. The normalized spacial score (nSPS) is 23.0. The standard InChI is InChI=1S/C17H27N3O/c1-14-12-20(13-15-6-4-3-5-7-15)11-9-16(14)19-17(21)8-10-18-2/h3-7,14,16,18H,8-13H2,1-2H3,(H,19,21). The number of piperidine rings is 1. The number of amides is 1. The molecule has 4 nitrogen and oxygen atoms in total. The zero-order valence-electron chi connectivity index (χ0n) is 13.1. The first-order chi connectivity index (χ1) is 10.2. The molecule has 1 aliphatic rings. The molecule has 4 heteroatoms. The highest BCUT2D eigenvalue weighted by atomic mass is 16.1. The van der Waals surface area contributed by atoms with Crippen molar-refractivity contribution < 1.29 is 4.79 Å². The summed E-state index contributed by atoms with van der Waals surface area (Å²) in [4.78, 5) is 14.3. The number of carbonyl (C=O) groups is 1. The number of hydrogen-bond donors (Lipinski definition) is 2. The Morgan fingerprint density at radius 3 is 2.76 bits per heavy atom. The second-order valence-corrected chi connectivity index (χ2v) is 6.01. The van der Waals surface area contributed by atoms with Crippen LogP contribution in [0.3, 0.4) is 0 Å². The van der Waals surface area contributed by atoms with Crippen LogP contribution >= 0.6 is 0 Å². The fraction of sp³-hybridized carbons (Fsp3) is 0.588. The number of benzene rings is 1. The molecule has 21 heavy (non-hydrogen) atoms. The monoisotopic (exact) mass is 289 g/mol. The summed E-state index contributed by atoms with van der Waals surface area (Å²) in [5.74, 6) is 0.665. The molecule has 0 aliphatic carbocycles. The van der Waals surface area contributed by atoms with Gasteiger partial charge in [-0.1, -0.05) is 37.3 Å². The Kier molecular flexibility index (Phi) is 6.21. The van der Waals surface area contributed by atoms with Gasteiger partial charge in [-0.15, -0.1) is 0 Å². The van der Waals surface area contributed by atoms with Gasteiger partial charge in [0, 0.05) is 38.6 Å². The van der Waals surface area contributed by atoms with E-state index in [0.717, 1.165) is 32.6 Å². The third kappa shape index (κ3) is 5.14. The lowest BCUT2D eigenvalue weighted by molar-refractivity contribution is -0.122. The maximum Gasteiger partial charge on any atom is 0.221 e. The van der Waals surface area contributed by atoms with Crippen molar-refractivity contribution in [1.82, 2.24) is 15.5 Å². The molecule has 2 N–H and O–H groups in total. The summed E-state index contributed by atoms with van der Waals surface area (Å²) < 4.78 is 0. The van der Waals surface area contributed by atoms with E-state index < -0.39 is 0 Å². The van der Waals surface area contributed by atoms with Crippen LogP contribution in [0, 0.1) is 5.92 Å². The van der Waals surface area contributed by atoms with Gasteiger partial charge in [0.15, 0.2) is 0 Å². The van der Waals surface area contributed by atoms with E-state index in [1.54, 1.807) is 0 Å². The summed E-state index contributed by atoms with van der Waals surface area (Å²) in [6.45, 7) is 6.08. The Morgan fingerprint density at radius 2 is 2.10 bits per heavy atom. The van der Waals surface area contributed by atoms with Gasteiger partial charge < -0.3 is 10.6 Å². The number of nitrogens with one attached hydrogen (secondary N) is 2. The van der Waals surface area contributed by atoms with Crippen molar-refractivity contribution in [3.63, 3.8) is 0 Å². The fourth-order valence-corrected chi connectivity index (χ4v) is 2.95. The minimum Gasteiger partial charge on any atom is -0.353 e. The third-order valence-corrected chi connectivity index (χ3v) is 4.19. The first-order valence-electron chi connectivity index (χ1n) is 7.89. The SMILES string of the molecule is CNCCC(=O)NC1CCN(Cc2ccccc2)CC1C. The van der Waals surface area contributed by atoms with Crippen LogP contribution < -0.4 is 10.6 Å².